The molecular weight excluding hydrogens is 259 g/mol. The van der Waals surface area contributed by atoms with Crippen LogP contribution in [-0.4, -0.2) is 5.11 Å². The summed E-state index contributed by atoms with van der Waals surface area (Å²) in [6, 6.07) is 11.8. The maximum atomic E-state index is 13.0. The molecule has 0 heterocycles. The Labute approximate surface area is 108 Å². The van der Waals surface area contributed by atoms with Gasteiger partial charge in [-0.15, -0.1) is 0 Å². The van der Waals surface area contributed by atoms with Crippen LogP contribution in [0.1, 0.15) is 5.56 Å². The maximum Gasteiger partial charge on any atom is 0.123 e. The van der Waals surface area contributed by atoms with Crippen molar-refractivity contribution in [3.8, 4) is 0 Å². The molecule has 17 heavy (non-hydrogen) atoms. The van der Waals surface area contributed by atoms with Crippen molar-refractivity contribution in [1.29, 1.82) is 0 Å². The minimum atomic E-state index is -0.338. The molecule has 0 amide bonds. The second kappa shape index (κ2) is 5.54. The Morgan fingerprint density at radius 3 is 2.47 bits per heavy atom. The normalized spacial score (nSPS) is 10.5. The Balaban J connectivity index is 2.26. The number of hydrogen-bond donors (Lipinski definition) is 1. The number of hydrogen-bond acceptors (Lipinski definition) is 2. The molecule has 2 rings (SSSR count). The van der Waals surface area contributed by atoms with Gasteiger partial charge in [-0.05, 0) is 48.0 Å². The number of rotatable bonds is 3. The van der Waals surface area contributed by atoms with Crippen molar-refractivity contribution in [2.45, 2.75) is 16.4 Å². The molecule has 88 valence electrons. The maximum absolute atomic E-state index is 13.0. The van der Waals surface area contributed by atoms with E-state index < -0.39 is 0 Å². The average Bonchev–Trinajstić information content (AvgIpc) is 2.34. The monoisotopic (exact) mass is 268 g/mol. The molecule has 1 N–H and O–H groups in total. The van der Waals surface area contributed by atoms with Crippen LogP contribution in [0.5, 0.6) is 0 Å². The predicted octanol–water partition coefficient (Wildman–Crippen LogP) is 4.12. The molecule has 0 bridgehead atoms. The van der Waals surface area contributed by atoms with Gasteiger partial charge in [-0.3, -0.25) is 0 Å². The van der Waals surface area contributed by atoms with Gasteiger partial charge in [0, 0.05) is 14.8 Å². The summed E-state index contributed by atoms with van der Waals surface area (Å²) in [5, 5.41) is 9.84. The van der Waals surface area contributed by atoms with Crippen LogP contribution in [0.3, 0.4) is 0 Å². The molecule has 0 atom stereocenters. The van der Waals surface area contributed by atoms with Gasteiger partial charge in [0.25, 0.3) is 0 Å². The summed E-state index contributed by atoms with van der Waals surface area (Å²) in [5.41, 5.74) is 0.588. The molecular formula is C13H10ClFOS. The van der Waals surface area contributed by atoms with Crippen molar-refractivity contribution in [1.82, 2.24) is 0 Å². The molecule has 0 aliphatic rings. The molecule has 4 heteroatoms. The minimum Gasteiger partial charge on any atom is -0.392 e. The lowest BCUT2D eigenvalue weighted by Crippen LogP contribution is -1.89. The fourth-order valence-electron chi connectivity index (χ4n) is 1.40. The molecule has 0 aliphatic carbocycles. The van der Waals surface area contributed by atoms with Crippen molar-refractivity contribution < 1.29 is 9.50 Å². The highest BCUT2D eigenvalue weighted by molar-refractivity contribution is 7.99. The van der Waals surface area contributed by atoms with E-state index in [1.807, 2.05) is 12.1 Å². The van der Waals surface area contributed by atoms with Crippen LogP contribution in [0.15, 0.2) is 52.3 Å². The quantitative estimate of drug-likeness (QED) is 0.903. The van der Waals surface area contributed by atoms with E-state index in [0.29, 0.717) is 10.6 Å². The minimum absolute atomic E-state index is 0.173. The van der Waals surface area contributed by atoms with Crippen molar-refractivity contribution in [3.63, 3.8) is 0 Å². The topological polar surface area (TPSA) is 20.2 Å². The Kier molecular flexibility index (Phi) is 4.05. The van der Waals surface area contributed by atoms with Crippen molar-refractivity contribution in [2.75, 3.05) is 0 Å². The first-order valence-electron chi connectivity index (χ1n) is 5.02. The van der Waals surface area contributed by atoms with Gasteiger partial charge in [-0.25, -0.2) is 4.39 Å². The first kappa shape index (κ1) is 12.4. The smallest absolute Gasteiger partial charge is 0.123 e. The fourth-order valence-corrected chi connectivity index (χ4v) is 2.44. The summed E-state index contributed by atoms with van der Waals surface area (Å²) >= 11 is 7.27. The van der Waals surface area contributed by atoms with Gasteiger partial charge in [0.05, 0.1) is 6.61 Å². The zero-order valence-electron chi connectivity index (χ0n) is 8.86. The van der Waals surface area contributed by atoms with E-state index in [2.05, 4.69) is 0 Å². The second-order valence-electron chi connectivity index (χ2n) is 3.47. The lowest BCUT2D eigenvalue weighted by atomic mass is 10.2. The third-order valence-corrected chi connectivity index (χ3v) is 3.61. The lowest BCUT2D eigenvalue weighted by molar-refractivity contribution is 0.278. The van der Waals surface area contributed by atoms with Crippen LogP contribution >= 0.6 is 23.4 Å². The lowest BCUT2D eigenvalue weighted by Gasteiger charge is -2.07. The molecule has 0 saturated carbocycles. The molecule has 0 aromatic heterocycles. The summed E-state index contributed by atoms with van der Waals surface area (Å²) in [6.07, 6.45) is 0. The van der Waals surface area contributed by atoms with Gasteiger partial charge >= 0.3 is 0 Å². The second-order valence-corrected chi connectivity index (χ2v) is 5.02. The molecule has 0 aliphatic heterocycles. The van der Waals surface area contributed by atoms with E-state index in [0.717, 1.165) is 9.79 Å². The fraction of sp³-hybridized carbons (Fsp3) is 0.0769. The van der Waals surface area contributed by atoms with Crippen LogP contribution in [-0.2, 0) is 6.61 Å². The third-order valence-electron chi connectivity index (χ3n) is 2.23. The largest absolute Gasteiger partial charge is 0.392 e. The number of aliphatic hydroxyl groups excluding tert-OH is 1. The summed E-state index contributed by atoms with van der Waals surface area (Å²) in [4.78, 5) is 1.84. The standard InChI is InChI=1S/C13H10ClFOS/c14-10-1-4-12(5-2-10)17-13-6-3-11(15)7-9(13)8-16/h1-7,16H,8H2. The zero-order valence-corrected chi connectivity index (χ0v) is 10.4. The first-order chi connectivity index (χ1) is 8.19. The molecule has 0 fully saturated rings. The van der Waals surface area contributed by atoms with Crippen molar-refractivity contribution >= 4 is 23.4 Å². The van der Waals surface area contributed by atoms with Crippen LogP contribution in [0.2, 0.25) is 5.02 Å². The predicted molar refractivity (Wildman–Crippen MR) is 67.9 cm³/mol. The van der Waals surface area contributed by atoms with E-state index >= 15 is 0 Å². The third kappa shape index (κ3) is 3.22. The van der Waals surface area contributed by atoms with E-state index in [-0.39, 0.29) is 12.4 Å². The summed E-state index contributed by atoms with van der Waals surface area (Å²) in [6.45, 7) is -0.173. The van der Waals surface area contributed by atoms with Crippen LogP contribution in [0.25, 0.3) is 0 Å². The van der Waals surface area contributed by atoms with Gasteiger partial charge in [-0.2, -0.15) is 0 Å². The molecule has 0 spiro atoms. The summed E-state index contributed by atoms with van der Waals surface area (Å²) in [5.74, 6) is -0.338. The van der Waals surface area contributed by atoms with Crippen LogP contribution < -0.4 is 0 Å². The van der Waals surface area contributed by atoms with Gasteiger partial charge in [0.1, 0.15) is 5.82 Å². The number of benzene rings is 2. The molecule has 2 aromatic carbocycles. The first-order valence-corrected chi connectivity index (χ1v) is 6.21. The Morgan fingerprint density at radius 1 is 1.12 bits per heavy atom. The SMILES string of the molecule is OCc1cc(F)ccc1Sc1ccc(Cl)cc1. The van der Waals surface area contributed by atoms with E-state index in [1.165, 1.54) is 23.9 Å². The van der Waals surface area contributed by atoms with Gasteiger partial charge in [0.15, 0.2) is 0 Å². The summed E-state index contributed by atoms with van der Waals surface area (Å²) in [7, 11) is 0. The average molecular weight is 269 g/mol. The Morgan fingerprint density at radius 2 is 1.82 bits per heavy atom. The highest BCUT2D eigenvalue weighted by Gasteiger charge is 2.05. The van der Waals surface area contributed by atoms with Crippen LogP contribution in [0, 0.1) is 5.82 Å². The molecule has 0 radical (unpaired) electrons. The highest BCUT2D eigenvalue weighted by atomic mass is 35.5. The molecule has 0 saturated heterocycles. The molecule has 0 unspecified atom stereocenters. The van der Waals surface area contributed by atoms with E-state index in [4.69, 9.17) is 16.7 Å². The Bertz CT molecular complexity index is 513. The van der Waals surface area contributed by atoms with Gasteiger partial charge in [0.2, 0.25) is 0 Å². The Hall–Kier alpha value is -1.03. The van der Waals surface area contributed by atoms with Crippen molar-refractivity contribution in [2.24, 2.45) is 0 Å². The van der Waals surface area contributed by atoms with E-state index in [1.54, 1.807) is 18.2 Å². The summed E-state index contributed by atoms with van der Waals surface area (Å²) < 4.78 is 13.0. The molecule has 1 nitrogen and oxygen atoms in total. The molecule has 2 aromatic rings. The zero-order chi connectivity index (χ0) is 12.3. The van der Waals surface area contributed by atoms with E-state index in [9.17, 15) is 4.39 Å². The van der Waals surface area contributed by atoms with Crippen molar-refractivity contribution in [3.05, 3.63) is 58.9 Å². The van der Waals surface area contributed by atoms with Gasteiger partial charge < -0.3 is 5.11 Å². The number of halogens is 2. The van der Waals surface area contributed by atoms with Gasteiger partial charge in [-0.1, -0.05) is 23.4 Å². The number of aliphatic hydroxyl groups is 1. The highest BCUT2D eigenvalue weighted by Crippen LogP contribution is 2.31. The van der Waals surface area contributed by atoms with Crippen LogP contribution in [0.4, 0.5) is 4.39 Å².